The summed E-state index contributed by atoms with van der Waals surface area (Å²) >= 11 is 0. The molecule has 1 aromatic carbocycles. The Labute approximate surface area is 103 Å². The van der Waals surface area contributed by atoms with Crippen molar-refractivity contribution in [3.8, 4) is 0 Å². The molecule has 3 N–H and O–H groups in total. The smallest absolute Gasteiger partial charge is 0.368 e. The minimum Gasteiger partial charge on any atom is -0.368 e. The molecule has 0 saturated carbocycles. The van der Waals surface area contributed by atoms with Crippen LogP contribution >= 0.6 is 0 Å². The Bertz CT molecular complexity index is 418. The van der Waals surface area contributed by atoms with Crippen molar-refractivity contribution in [1.82, 2.24) is 5.32 Å². The maximum Gasteiger partial charge on any atom is 0.416 e. The van der Waals surface area contributed by atoms with Crippen LogP contribution in [0.15, 0.2) is 24.3 Å². The van der Waals surface area contributed by atoms with Crippen LogP contribution in [0.25, 0.3) is 0 Å². The van der Waals surface area contributed by atoms with Crippen molar-refractivity contribution >= 4 is 5.91 Å². The number of rotatable bonds is 5. The first-order valence-corrected chi connectivity index (χ1v) is 5.56. The van der Waals surface area contributed by atoms with Crippen LogP contribution in [0, 0.1) is 0 Å². The van der Waals surface area contributed by atoms with Crippen LogP contribution in [0.1, 0.15) is 30.5 Å². The van der Waals surface area contributed by atoms with E-state index in [0.29, 0.717) is 6.54 Å². The summed E-state index contributed by atoms with van der Waals surface area (Å²) < 4.78 is 37.6. The largest absolute Gasteiger partial charge is 0.416 e. The first-order chi connectivity index (χ1) is 8.36. The third kappa shape index (κ3) is 3.73. The molecule has 0 saturated heterocycles. The fourth-order valence-corrected chi connectivity index (χ4v) is 1.57. The second-order valence-corrected chi connectivity index (χ2v) is 3.91. The molecule has 18 heavy (non-hydrogen) atoms. The monoisotopic (exact) mass is 260 g/mol. The highest BCUT2D eigenvalue weighted by Crippen LogP contribution is 2.30. The van der Waals surface area contributed by atoms with Gasteiger partial charge < -0.3 is 11.1 Å². The second-order valence-electron chi connectivity index (χ2n) is 3.91. The zero-order valence-corrected chi connectivity index (χ0v) is 9.92. The van der Waals surface area contributed by atoms with Gasteiger partial charge in [0.1, 0.15) is 6.04 Å². The number of halogens is 3. The van der Waals surface area contributed by atoms with Gasteiger partial charge in [0.05, 0.1) is 5.56 Å². The predicted octanol–water partition coefficient (Wildman–Crippen LogP) is 2.23. The third-order valence-electron chi connectivity index (χ3n) is 2.43. The number of hydrogen-bond acceptors (Lipinski definition) is 2. The molecular weight excluding hydrogens is 245 g/mol. The van der Waals surface area contributed by atoms with E-state index in [0.717, 1.165) is 18.6 Å². The Morgan fingerprint density at radius 3 is 2.61 bits per heavy atom. The van der Waals surface area contributed by atoms with Gasteiger partial charge in [0, 0.05) is 0 Å². The topological polar surface area (TPSA) is 55.1 Å². The molecule has 3 nitrogen and oxygen atoms in total. The minimum atomic E-state index is -4.43. The highest BCUT2D eigenvalue weighted by Gasteiger charge is 2.31. The first-order valence-electron chi connectivity index (χ1n) is 5.56. The summed E-state index contributed by atoms with van der Waals surface area (Å²) in [6, 6.07) is 3.72. The molecule has 0 aromatic heterocycles. The Morgan fingerprint density at radius 1 is 1.44 bits per heavy atom. The van der Waals surface area contributed by atoms with E-state index in [-0.39, 0.29) is 5.56 Å². The number of carbonyl (C=O) groups is 1. The lowest BCUT2D eigenvalue weighted by atomic mass is 10.0. The van der Waals surface area contributed by atoms with E-state index in [1.165, 1.54) is 12.1 Å². The molecule has 0 radical (unpaired) electrons. The molecule has 0 spiro atoms. The molecule has 1 aromatic rings. The van der Waals surface area contributed by atoms with Crippen LogP contribution < -0.4 is 11.1 Å². The number of nitrogens with one attached hydrogen (secondary N) is 1. The van der Waals surface area contributed by atoms with Gasteiger partial charge in [0.2, 0.25) is 5.91 Å². The summed E-state index contributed by atoms with van der Waals surface area (Å²) in [5.74, 6) is -0.692. The number of amides is 1. The molecule has 100 valence electrons. The molecular formula is C12H15F3N2O. The zero-order chi connectivity index (χ0) is 13.8. The van der Waals surface area contributed by atoms with Gasteiger partial charge in [-0.2, -0.15) is 13.2 Å². The van der Waals surface area contributed by atoms with E-state index in [1.54, 1.807) is 0 Å². The normalized spacial score (nSPS) is 13.3. The SMILES string of the molecule is CCCNC(C(N)=O)c1cccc(C(F)(F)F)c1. The maximum absolute atomic E-state index is 12.5. The van der Waals surface area contributed by atoms with Gasteiger partial charge in [0.15, 0.2) is 0 Å². The molecule has 6 heteroatoms. The van der Waals surface area contributed by atoms with Crippen molar-refractivity contribution in [3.63, 3.8) is 0 Å². The highest BCUT2D eigenvalue weighted by molar-refractivity contribution is 5.81. The van der Waals surface area contributed by atoms with Gasteiger partial charge in [-0.05, 0) is 30.7 Å². The molecule has 1 amide bonds. The quantitative estimate of drug-likeness (QED) is 0.853. The van der Waals surface area contributed by atoms with E-state index < -0.39 is 23.7 Å². The van der Waals surface area contributed by atoms with Crippen LogP contribution in [-0.2, 0) is 11.0 Å². The lowest BCUT2D eigenvalue weighted by Crippen LogP contribution is -2.34. The predicted molar refractivity (Wildman–Crippen MR) is 61.7 cm³/mol. The van der Waals surface area contributed by atoms with Crippen LogP contribution in [0.2, 0.25) is 0 Å². The Balaban J connectivity index is 3.02. The maximum atomic E-state index is 12.5. The van der Waals surface area contributed by atoms with Crippen LogP contribution in [0.5, 0.6) is 0 Å². The van der Waals surface area contributed by atoms with Crippen molar-refractivity contribution in [2.24, 2.45) is 5.73 Å². The number of benzene rings is 1. The molecule has 0 aliphatic heterocycles. The average molecular weight is 260 g/mol. The van der Waals surface area contributed by atoms with E-state index >= 15 is 0 Å². The van der Waals surface area contributed by atoms with Crippen LogP contribution in [0.3, 0.4) is 0 Å². The molecule has 0 aliphatic carbocycles. The van der Waals surface area contributed by atoms with E-state index in [1.807, 2.05) is 6.92 Å². The molecule has 0 fully saturated rings. The summed E-state index contributed by atoms with van der Waals surface area (Å²) in [4.78, 5) is 11.2. The zero-order valence-electron chi connectivity index (χ0n) is 9.92. The minimum absolute atomic E-state index is 0.228. The van der Waals surface area contributed by atoms with Crippen molar-refractivity contribution in [3.05, 3.63) is 35.4 Å². The van der Waals surface area contributed by atoms with E-state index in [2.05, 4.69) is 5.32 Å². The molecule has 1 atom stereocenters. The fraction of sp³-hybridized carbons (Fsp3) is 0.417. The highest BCUT2D eigenvalue weighted by atomic mass is 19.4. The van der Waals surface area contributed by atoms with Gasteiger partial charge in [0.25, 0.3) is 0 Å². The van der Waals surface area contributed by atoms with Crippen molar-refractivity contribution in [2.45, 2.75) is 25.6 Å². The van der Waals surface area contributed by atoms with Gasteiger partial charge >= 0.3 is 6.18 Å². The van der Waals surface area contributed by atoms with Crippen LogP contribution in [-0.4, -0.2) is 12.5 Å². The summed E-state index contributed by atoms with van der Waals surface area (Å²) in [5.41, 5.74) is 4.63. The van der Waals surface area contributed by atoms with Gasteiger partial charge in [-0.1, -0.05) is 19.1 Å². The van der Waals surface area contributed by atoms with E-state index in [4.69, 9.17) is 5.73 Å². The van der Waals surface area contributed by atoms with E-state index in [9.17, 15) is 18.0 Å². The van der Waals surface area contributed by atoms with Gasteiger partial charge in [-0.3, -0.25) is 4.79 Å². The second kappa shape index (κ2) is 5.86. The number of primary amides is 1. The number of carbonyl (C=O) groups excluding carboxylic acids is 1. The lowest BCUT2D eigenvalue weighted by molar-refractivity contribution is -0.137. The van der Waals surface area contributed by atoms with Crippen molar-refractivity contribution < 1.29 is 18.0 Å². The average Bonchev–Trinajstić information content (AvgIpc) is 2.28. The van der Waals surface area contributed by atoms with Gasteiger partial charge in [-0.15, -0.1) is 0 Å². The molecule has 0 aliphatic rings. The first kappa shape index (κ1) is 14.5. The van der Waals surface area contributed by atoms with Crippen molar-refractivity contribution in [1.29, 1.82) is 0 Å². The molecule has 0 heterocycles. The number of alkyl halides is 3. The summed E-state index contributed by atoms with van der Waals surface area (Å²) in [5, 5.41) is 2.82. The van der Waals surface area contributed by atoms with Crippen LogP contribution in [0.4, 0.5) is 13.2 Å². The number of nitrogens with two attached hydrogens (primary N) is 1. The summed E-state index contributed by atoms with van der Waals surface area (Å²) in [7, 11) is 0. The Morgan fingerprint density at radius 2 is 2.11 bits per heavy atom. The molecule has 1 rings (SSSR count). The molecule has 1 unspecified atom stereocenters. The Hall–Kier alpha value is -1.56. The standard InChI is InChI=1S/C12H15F3N2O/c1-2-6-17-10(11(16)18)8-4-3-5-9(7-8)12(13,14)15/h3-5,7,10,17H,2,6H2,1H3,(H2,16,18). The summed E-state index contributed by atoms with van der Waals surface area (Å²) in [6.07, 6.45) is -3.67. The third-order valence-corrected chi connectivity index (χ3v) is 2.43. The Kier molecular flexibility index (Phi) is 4.72. The van der Waals surface area contributed by atoms with Crippen molar-refractivity contribution in [2.75, 3.05) is 6.54 Å². The summed E-state index contributed by atoms with van der Waals surface area (Å²) in [6.45, 7) is 2.39. The fourth-order valence-electron chi connectivity index (χ4n) is 1.57. The number of hydrogen-bond donors (Lipinski definition) is 2. The lowest BCUT2D eigenvalue weighted by Gasteiger charge is -2.17. The molecule has 0 bridgehead atoms. The van der Waals surface area contributed by atoms with Gasteiger partial charge in [-0.25, -0.2) is 0 Å².